The predicted molar refractivity (Wildman–Crippen MR) is 148 cm³/mol. The lowest BCUT2D eigenvalue weighted by atomic mass is 9.94. The van der Waals surface area contributed by atoms with Crippen molar-refractivity contribution in [3.8, 4) is 0 Å². The van der Waals surface area contributed by atoms with Crippen molar-refractivity contribution in [1.29, 1.82) is 0 Å². The molecule has 210 valence electrons. The van der Waals surface area contributed by atoms with E-state index in [0.717, 1.165) is 37.7 Å². The van der Waals surface area contributed by atoms with Gasteiger partial charge in [0.15, 0.2) is 0 Å². The Balaban J connectivity index is 0.00000196. The molecule has 1 unspecified atom stereocenters. The summed E-state index contributed by atoms with van der Waals surface area (Å²) < 4.78 is 0. The Morgan fingerprint density at radius 1 is 1.03 bits per heavy atom. The molecule has 1 aliphatic rings. The molecule has 0 radical (unpaired) electrons. The van der Waals surface area contributed by atoms with Gasteiger partial charge in [-0.05, 0) is 63.5 Å². The number of carbonyl (C=O) groups is 4. The van der Waals surface area contributed by atoms with Gasteiger partial charge in [-0.2, -0.15) is 0 Å². The maximum absolute atomic E-state index is 13.1. The highest BCUT2D eigenvalue weighted by Crippen LogP contribution is 2.48. The standard InChI is InChI=1S/C24H38N4O3.C3H8.CH3NO/c1-17(2)15-18(3)27-21(29)16-26-22(30)20(11-7-8-14-25)28-23(31)24(12-13-24)19-9-5-4-6-10-19;1-3-2;2-1-3/h4-6,9-10,17-18,20H,7-8,11-16,25H2,1-3H3,(H,26,30)(H,27,29)(H,28,31);3H2,1-2H3;1H,(H2,2,3)/t18-,20?;;/m1../s1. The first-order valence-corrected chi connectivity index (χ1v) is 13.4. The first kappa shape index (κ1) is 34.1. The van der Waals surface area contributed by atoms with E-state index in [1.807, 2.05) is 37.3 Å². The molecule has 0 bridgehead atoms. The lowest BCUT2D eigenvalue weighted by Crippen LogP contribution is -2.51. The van der Waals surface area contributed by atoms with Crippen molar-refractivity contribution in [2.75, 3.05) is 13.1 Å². The van der Waals surface area contributed by atoms with Gasteiger partial charge in [0.1, 0.15) is 6.04 Å². The summed E-state index contributed by atoms with van der Waals surface area (Å²) in [5.41, 5.74) is 10.2. The molecule has 4 amide bonds. The molecule has 37 heavy (non-hydrogen) atoms. The van der Waals surface area contributed by atoms with Crippen LogP contribution in [0.2, 0.25) is 0 Å². The molecule has 1 aromatic rings. The average molecular weight is 520 g/mol. The van der Waals surface area contributed by atoms with Crippen molar-refractivity contribution in [3.63, 3.8) is 0 Å². The van der Waals surface area contributed by atoms with E-state index in [2.05, 4.69) is 49.4 Å². The van der Waals surface area contributed by atoms with Gasteiger partial charge in [-0.15, -0.1) is 0 Å². The Labute approximate surface area is 222 Å². The number of carbonyl (C=O) groups excluding carboxylic acids is 4. The zero-order valence-electron chi connectivity index (χ0n) is 23.3. The topological polar surface area (TPSA) is 156 Å². The van der Waals surface area contributed by atoms with Gasteiger partial charge in [-0.25, -0.2) is 0 Å². The van der Waals surface area contributed by atoms with E-state index in [1.165, 1.54) is 6.42 Å². The van der Waals surface area contributed by atoms with Crippen molar-refractivity contribution in [2.45, 2.75) is 97.1 Å². The zero-order valence-corrected chi connectivity index (χ0v) is 23.3. The summed E-state index contributed by atoms with van der Waals surface area (Å²) in [6.07, 6.45) is 5.91. The molecule has 0 spiro atoms. The van der Waals surface area contributed by atoms with Gasteiger partial charge < -0.3 is 27.4 Å². The summed E-state index contributed by atoms with van der Waals surface area (Å²) in [5, 5.41) is 8.53. The van der Waals surface area contributed by atoms with E-state index < -0.39 is 11.5 Å². The quantitative estimate of drug-likeness (QED) is 0.200. The highest BCUT2D eigenvalue weighted by molar-refractivity contribution is 5.96. The van der Waals surface area contributed by atoms with E-state index in [0.29, 0.717) is 18.9 Å². The van der Waals surface area contributed by atoms with E-state index in [1.54, 1.807) is 0 Å². The SMILES string of the molecule is CC(C)C[C@@H](C)NC(=O)CNC(=O)C(CCCCN)NC(=O)C1(c2ccccc2)CC1.CCC.NC=O. The molecule has 9 nitrogen and oxygen atoms in total. The number of nitrogens with two attached hydrogens (primary N) is 2. The Kier molecular flexibility index (Phi) is 17.7. The second-order valence-corrected chi connectivity index (χ2v) is 9.92. The number of amides is 4. The zero-order chi connectivity index (χ0) is 28.3. The molecule has 2 atom stereocenters. The van der Waals surface area contributed by atoms with Gasteiger partial charge in [0.2, 0.25) is 24.1 Å². The molecule has 9 heteroatoms. The third-order valence-corrected chi connectivity index (χ3v) is 5.74. The van der Waals surface area contributed by atoms with Gasteiger partial charge in [-0.3, -0.25) is 19.2 Å². The van der Waals surface area contributed by atoms with Crippen LogP contribution in [0, 0.1) is 5.92 Å². The minimum atomic E-state index is -0.680. The van der Waals surface area contributed by atoms with Crippen LogP contribution in [0.3, 0.4) is 0 Å². The minimum Gasteiger partial charge on any atom is -0.372 e. The molecule has 1 aliphatic carbocycles. The molecule has 0 aromatic heterocycles. The summed E-state index contributed by atoms with van der Waals surface area (Å²) in [6.45, 7) is 10.8. The van der Waals surface area contributed by atoms with E-state index in [-0.39, 0.29) is 36.7 Å². The number of hydrogen-bond donors (Lipinski definition) is 5. The van der Waals surface area contributed by atoms with Crippen LogP contribution >= 0.6 is 0 Å². The van der Waals surface area contributed by atoms with E-state index in [9.17, 15) is 14.4 Å². The van der Waals surface area contributed by atoms with Crippen LogP contribution in [-0.4, -0.2) is 49.3 Å². The molecule has 7 N–H and O–H groups in total. The van der Waals surface area contributed by atoms with Crippen LogP contribution < -0.4 is 27.4 Å². The smallest absolute Gasteiger partial charge is 0.243 e. The normalized spacial score (nSPS) is 14.5. The van der Waals surface area contributed by atoms with Crippen molar-refractivity contribution in [2.24, 2.45) is 17.4 Å². The number of hydrogen-bond acceptors (Lipinski definition) is 5. The summed E-state index contributed by atoms with van der Waals surface area (Å²) >= 11 is 0. The molecule has 0 saturated heterocycles. The highest BCUT2D eigenvalue weighted by atomic mass is 16.2. The number of nitrogens with one attached hydrogen (secondary N) is 3. The molecule has 1 fully saturated rings. The molecule has 0 heterocycles. The van der Waals surface area contributed by atoms with Crippen LogP contribution in [0.25, 0.3) is 0 Å². The maximum Gasteiger partial charge on any atom is 0.243 e. The first-order valence-electron chi connectivity index (χ1n) is 13.4. The molecule has 0 aliphatic heterocycles. The van der Waals surface area contributed by atoms with Crippen molar-refractivity contribution < 1.29 is 19.2 Å². The second-order valence-electron chi connectivity index (χ2n) is 9.92. The van der Waals surface area contributed by atoms with Crippen molar-refractivity contribution in [3.05, 3.63) is 35.9 Å². The van der Waals surface area contributed by atoms with Crippen LogP contribution in [0.1, 0.15) is 85.1 Å². The minimum absolute atomic E-state index is 0.0463. The Hall–Kier alpha value is -2.94. The van der Waals surface area contributed by atoms with Crippen molar-refractivity contribution in [1.82, 2.24) is 16.0 Å². The molecule has 1 saturated carbocycles. The fourth-order valence-corrected chi connectivity index (χ4v) is 3.97. The Bertz CT molecular complexity index is 797. The first-order chi connectivity index (χ1) is 17.6. The third kappa shape index (κ3) is 13.8. The number of rotatable bonds is 13. The van der Waals surface area contributed by atoms with Gasteiger partial charge >= 0.3 is 0 Å². The Morgan fingerprint density at radius 3 is 2.08 bits per heavy atom. The summed E-state index contributed by atoms with van der Waals surface area (Å²) in [4.78, 5) is 46.6. The summed E-state index contributed by atoms with van der Waals surface area (Å²) in [7, 11) is 0. The number of primary amides is 1. The lowest BCUT2D eigenvalue weighted by Gasteiger charge is -2.23. The van der Waals surface area contributed by atoms with Crippen LogP contribution in [0.5, 0.6) is 0 Å². The van der Waals surface area contributed by atoms with Crippen LogP contribution in [-0.2, 0) is 24.6 Å². The molecule has 1 aromatic carbocycles. The van der Waals surface area contributed by atoms with Gasteiger partial charge in [0, 0.05) is 6.04 Å². The summed E-state index contributed by atoms with van der Waals surface area (Å²) in [6, 6.07) is 9.05. The van der Waals surface area contributed by atoms with E-state index >= 15 is 0 Å². The fourth-order valence-electron chi connectivity index (χ4n) is 3.97. The maximum atomic E-state index is 13.1. The number of unbranched alkanes of at least 4 members (excludes halogenated alkanes) is 1. The fraction of sp³-hybridized carbons (Fsp3) is 0.643. The van der Waals surface area contributed by atoms with Crippen LogP contribution in [0.15, 0.2) is 30.3 Å². The molecular weight excluding hydrogens is 470 g/mol. The molecular formula is C28H49N5O4. The third-order valence-electron chi connectivity index (χ3n) is 5.74. The van der Waals surface area contributed by atoms with Crippen LogP contribution in [0.4, 0.5) is 0 Å². The predicted octanol–water partition coefficient (Wildman–Crippen LogP) is 2.52. The largest absolute Gasteiger partial charge is 0.372 e. The molecule has 2 rings (SSSR count). The number of benzene rings is 1. The van der Waals surface area contributed by atoms with Gasteiger partial charge in [0.05, 0.1) is 12.0 Å². The average Bonchev–Trinajstić information content (AvgIpc) is 3.65. The Morgan fingerprint density at radius 2 is 1.59 bits per heavy atom. The van der Waals surface area contributed by atoms with Gasteiger partial charge in [-0.1, -0.05) is 64.4 Å². The van der Waals surface area contributed by atoms with Gasteiger partial charge in [0.25, 0.3) is 0 Å². The second kappa shape index (κ2) is 19.2. The highest BCUT2D eigenvalue weighted by Gasteiger charge is 2.51. The van der Waals surface area contributed by atoms with E-state index in [4.69, 9.17) is 10.5 Å². The summed E-state index contributed by atoms with van der Waals surface area (Å²) in [5.74, 6) is -0.203. The monoisotopic (exact) mass is 519 g/mol. The lowest BCUT2D eigenvalue weighted by molar-refractivity contribution is -0.131. The van der Waals surface area contributed by atoms with Crippen molar-refractivity contribution >= 4 is 24.1 Å².